The second kappa shape index (κ2) is 7.19. The first kappa shape index (κ1) is 16.4. The Morgan fingerprint density at radius 3 is 2.70 bits per heavy atom. The van der Waals surface area contributed by atoms with Gasteiger partial charge in [0.25, 0.3) is 0 Å². The van der Waals surface area contributed by atoms with Crippen LogP contribution in [0.2, 0.25) is 0 Å². The molecule has 0 amide bonds. The average Bonchev–Trinajstić information content (AvgIpc) is 2.39. The maximum Gasteiger partial charge on any atom is 0.341 e. The minimum absolute atomic E-state index is 0.0945. The molecule has 20 heavy (non-hydrogen) atoms. The van der Waals surface area contributed by atoms with Crippen molar-refractivity contribution in [3.8, 4) is 0 Å². The van der Waals surface area contributed by atoms with Crippen molar-refractivity contribution in [2.45, 2.75) is 46.1 Å². The van der Waals surface area contributed by atoms with Crippen LogP contribution in [0, 0.1) is 6.92 Å². The summed E-state index contributed by atoms with van der Waals surface area (Å²) in [4.78, 5) is 20.1. The fourth-order valence-electron chi connectivity index (χ4n) is 1.78. The number of esters is 1. The predicted octanol–water partition coefficient (Wildman–Crippen LogP) is 1.92. The highest BCUT2D eigenvalue weighted by atomic mass is 16.5. The molecular formula is C14H23N3O3. The quantitative estimate of drug-likeness (QED) is 0.743. The number of aliphatic hydroxyl groups excluding tert-OH is 1. The Morgan fingerprint density at radius 1 is 1.50 bits per heavy atom. The smallest absolute Gasteiger partial charge is 0.341 e. The molecule has 0 saturated heterocycles. The van der Waals surface area contributed by atoms with Gasteiger partial charge in [-0.05, 0) is 33.6 Å². The van der Waals surface area contributed by atoms with Gasteiger partial charge in [-0.2, -0.15) is 0 Å². The Hall–Kier alpha value is -1.69. The molecule has 0 aliphatic heterocycles. The number of hydrogen-bond donors (Lipinski definition) is 2. The molecule has 112 valence electrons. The highest BCUT2D eigenvalue weighted by Crippen LogP contribution is 2.20. The van der Waals surface area contributed by atoms with Crippen LogP contribution < -0.4 is 5.32 Å². The summed E-state index contributed by atoms with van der Waals surface area (Å²) in [6.45, 7) is 7.95. The number of aliphatic hydroxyl groups is 1. The molecule has 1 heterocycles. The zero-order valence-electron chi connectivity index (χ0n) is 12.6. The van der Waals surface area contributed by atoms with E-state index in [0.717, 1.165) is 6.42 Å². The van der Waals surface area contributed by atoms with Gasteiger partial charge in [-0.15, -0.1) is 0 Å². The summed E-state index contributed by atoms with van der Waals surface area (Å²) in [6.07, 6.45) is 2.90. The van der Waals surface area contributed by atoms with E-state index in [1.54, 1.807) is 13.8 Å². The van der Waals surface area contributed by atoms with Gasteiger partial charge >= 0.3 is 5.97 Å². The molecule has 0 aliphatic carbocycles. The maximum atomic E-state index is 11.7. The Bertz CT molecular complexity index is 465. The molecule has 1 atom stereocenters. The number of ether oxygens (including phenoxy) is 1. The van der Waals surface area contributed by atoms with Crippen molar-refractivity contribution >= 4 is 11.9 Å². The Kier molecular flexibility index (Phi) is 5.88. The van der Waals surface area contributed by atoms with Crippen molar-refractivity contribution in [3.63, 3.8) is 0 Å². The molecule has 6 nitrogen and oxygen atoms in total. The first-order chi connectivity index (χ1) is 9.45. The van der Waals surface area contributed by atoms with Crippen molar-refractivity contribution in [2.24, 2.45) is 0 Å². The summed E-state index contributed by atoms with van der Waals surface area (Å²) in [5, 5.41) is 12.3. The third-order valence-corrected chi connectivity index (χ3v) is 3.33. The van der Waals surface area contributed by atoms with Crippen molar-refractivity contribution in [1.29, 1.82) is 0 Å². The van der Waals surface area contributed by atoms with Crippen molar-refractivity contribution in [3.05, 3.63) is 17.5 Å². The summed E-state index contributed by atoms with van der Waals surface area (Å²) < 4.78 is 4.94. The van der Waals surface area contributed by atoms with Gasteiger partial charge in [0, 0.05) is 18.3 Å². The molecule has 0 bridgehead atoms. The molecule has 6 heteroatoms. The lowest BCUT2D eigenvalue weighted by atomic mass is 9.95. The van der Waals surface area contributed by atoms with E-state index in [1.807, 2.05) is 13.8 Å². The number of anilines is 1. The molecule has 0 aromatic carbocycles. The lowest BCUT2D eigenvalue weighted by molar-refractivity contribution is 0.0524. The van der Waals surface area contributed by atoms with Gasteiger partial charge in [0.05, 0.1) is 17.9 Å². The van der Waals surface area contributed by atoms with E-state index in [0.29, 0.717) is 30.2 Å². The minimum Gasteiger partial charge on any atom is -0.462 e. The highest BCUT2D eigenvalue weighted by Gasteiger charge is 2.23. The van der Waals surface area contributed by atoms with Gasteiger partial charge in [0.15, 0.2) is 0 Å². The van der Waals surface area contributed by atoms with Crippen LogP contribution >= 0.6 is 0 Å². The monoisotopic (exact) mass is 281 g/mol. The third kappa shape index (κ3) is 4.16. The topological polar surface area (TPSA) is 84.3 Å². The molecule has 0 spiro atoms. The van der Waals surface area contributed by atoms with Crippen LogP contribution in [-0.2, 0) is 4.74 Å². The van der Waals surface area contributed by atoms with Crippen LogP contribution in [0.4, 0.5) is 5.95 Å². The fourth-order valence-corrected chi connectivity index (χ4v) is 1.78. The van der Waals surface area contributed by atoms with E-state index in [1.165, 1.54) is 6.20 Å². The summed E-state index contributed by atoms with van der Waals surface area (Å²) in [7, 11) is 0. The molecule has 0 saturated carbocycles. The van der Waals surface area contributed by atoms with E-state index >= 15 is 0 Å². The van der Waals surface area contributed by atoms with Crippen LogP contribution in [-0.4, -0.2) is 39.8 Å². The fraction of sp³-hybridized carbons (Fsp3) is 0.643. The van der Waals surface area contributed by atoms with Gasteiger partial charge in [-0.3, -0.25) is 0 Å². The minimum atomic E-state index is -0.412. The van der Waals surface area contributed by atoms with Crippen molar-refractivity contribution in [1.82, 2.24) is 9.97 Å². The number of carbonyl (C=O) groups is 1. The number of carbonyl (C=O) groups excluding carboxylic acids is 1. The van der Waals surface area contributed by atoms with Gasteiger partial charge in [-0.1, -0.05) is 6.92 Å². The van der Waals surface area contributed by atoms with Gasteiger partial charge in [0.2, 0.25) is 5.95 Å². The second-order valence-electron chi connectivity index (χ2n) is 4.93. The van der Waals surface area contributed by atoms with E-state index in [4.69, 9.17) is 9.84 Å². The lowest BCUT2D eigenvalue weighted by Gasteiger charge is -2.29. The normalized spacial score (nSPS) is 13.7. The summed E-state index contributed by atoms with van der Waals surface area (Å²) >= 11 is 0. The summed E-state index contributed by atoms with van der Waals surface area (Å²) in [6, 6.07) is 0. The van der Waals surface area contributed by atoms with E-state index in [-0.39, 0.29) is 12.1 Å². The second-order valence-corrected chi connectivity index (χ2v) is 4.93. The van der Waals surface area contributed by atoms with Crippen molar-refractivity contribution in [2.75, 3.05) is 18.5 Å². The number of aryl methyl sites for hydroxylation is 1. The largest absolute Gasteiger partial charge is 0.462 e. The summed E-state index contributed by atoms with van der Waals surface area (Å²) in [5.41, 5.74) is 0.674. The Morgan fingerprint density at radius 2 is 2.20 bits per heavy atom. The zero-order chi connectivity index (χ0) is 15.2. The maximum absolute atomic E-state index is 11.7. The highest BCUT2D eigenvalue weighted by molar-refractivity contribution is 5.90. The number of nitrogens with zero attached hydrogens (tertiary/aromatic N) is 2. The van der Waals surface area contributed by atoms with Crippen LogP contribution in [0.1, 0.15) is 49.7 Å². The SMILES string of the molecule is CCOC(=O)c1cnc(NC(C)(CC)CCO)nc1C. The Labute approximate surface area is 119 Å². The molecule has 2 N–H and O–H groups in total. The van der Waals surface area contributed by atoms with Gasteiger partial charge in [-0.25, -0.2) is 14.8 Å². The Balaban J connectivity index is 2.89. The van der Waals surface area contributed by atoms with Gasteiger partial charge < -0.3 is 15.2 Å². The van der Waals surface area contributed by atoms with E-state index in [2.05, 4.69) is 15.3 Å². The lowest BCUT2D eigenvalue weighted by Crippen LogP contribution is -2.36. The average molecular weight is 281 g/mol. The van der Waals surface area contributed by atoms with E-state index < -0.39 is 5.97 Å². The van der Waals surface area contributed by atoms with Crippen LogP contribution in [0.15, 0.2) is 6.20 Å². The molecule has 0 radical (unpaired) electrons. The van der Waals surface area contributed by atoms with Crippen molar-refractivity contribution < 1.29 is 14.6 Å². The summed E-state index contributed by atoms with van der Waals surface area (Å²) in [5.74, 6) is 0.0403. The first-order valence-electron chi connectivity index (χ1n) is 6.85. The standard InChI is InChI=1S/C14H23N3O3/c1-5-14(4,7-8-18)17-13-15-9-11(10(3)16-13)12(19)20-6-2/h9,18H,5-8H2,1-4H3,(H,15,16,17). The molecule has 1 unspecified atom stereocenters. The number of hydrogen-bond acceptors (Lipinski definition) is 6. The number of nitrogens with one attached hydrogen (secondary N) is 1. The third-order valence-electron chi connectivity index (χ3n) is 3.33. The van der Waals surface area contributed by atoms with Crippen LogP contribution in [0.5, 0.6) is 0 Å². The molecule has 0 fully saturated rings. The molecule has 1 aromatic heterocycles. The number of aromatic nitrogens is 2. The molecule has 0 aliphatic rings. The van der Waals surface area contributed by atoms with Crippen LogP contribution in [0.3, 0.4) is 0 Å². The van der Waals surface area contributed by atoms with Crippen LogP contribution in [0.25, 0.3) is 0 Å². The predicted molar refractivity (Wildman–Crippen MR) is 76.7 cm³/mol. The first-order valence-corrected chi connectivity index (χ1v) is 6.85. The molecular weight excluding hydrogens is 258 g/mol. The molecule has 1 aromatic rings. The zero-order valence-corrected chi connectivity index (χ0v) is 12.6. The van der Waals surface area contributed by atoms with Gasteiger partial charge in [0.1, 0.15) is 0 Å². The molecule has 1 rings (SSSR count). The van der Waals surface area contributed by atoms with E-state index in [9.17, 15) is 4.79 Å². The number of rotatable bonds is 7.